The van der Waals surface area contributed by atoms with E-state index in [1.54, 1.807) is 0 Å². The number of nitrogens with zero attached hydrogens (tertiary/aromatic N) is 3. The maximum Gasteiger partial charge on any atom is 0.128 e. The van der Waals surface area contributed by atoms with E-state index < -0.39 is 0 Å². The lowest BCUT2D eigenvalue weighted by molar-refractivity contribution is 0.210. The lowest BCUT2D eigenvalue weighted by Gasteiger charge is -2.35. The van der Waals surface area contributed by atoms with Crippen molar-refractivity contribution in [3.8, 4) is 0 Å². The SMILES string of the molecule is CCC=NC1=C(CC)Cc2ccccc2C(CN(C)C)N1CC. The Morgan fingerprint density at radius 2 is 1.96 bits per heavy atom. The van der Waals surface area contributed by atoms with Gasteiger partial charge in [0.05, 0.1) is 6.04 Å². The molecular formula is C20H31N3. The fourth-order valence-electron chi connectivity index (χ4n) is 3.39. The summed E-state index contributed by atoms with van der Waals surface area (Å²) >= 11 is 0. The number of allylic oxidation sites excluding steroid dienone is 1. The van der Waals surface area contributed by atoms with Crippen LogP contribution in [-0.2, 0) is 6.42 Å². The summed E-state index contributed by atoms with van der Waals surface area (Å²) in [5.74, 6) is 1.19. The summed E-state index contributed by atoms with van der Waals surface area (Å²) in [6.45, 7) is 8.62. The van der Waals surface area contributed by atoms with Crippen molar-refractivity contribution in [2.75, 3.05) is 27.2 Å². The highest BCUT2D eigenvalue weighted by atomic mass is 15.3. The first-order valence-corrected chi connectivity index (χ1v) is 8.85. The van der Waals surface area contributed by atoms with Crippen LogP contribution < -0.4 is 0 Å². The molecule has 3 heteroatoms. The van der Waals surface area contributed by atoms with E-state index >= 15 is 0 Å². The van der Waals surface area contributed by atoms with Gasteiger partial charge in [-0.1, -0.05) is 38.1 Å². The van der Waals surface area contributed by atoms with Gasteiger partial charge in [-0.05, 0) is 57.0 Å². The van der Waals surface area contributed by atoms with Crippen LogP contribution in [0.1, 0.15) is 50.8 Å². The molecule has 1 aromatic rings. The average molecular weight is 313 g/mol. The van der Waals surface area contributed by atoms with Crippen LogP contribution in [0, 0.1) is 0 Å². The van der Waals surface area contributed by atoms with Gasteiger partial charge in [0.1, 0.15) is 5.82 Å². The van der Waals surface area contributed by atoms with Crippen LogP contribution in [0.3, 0.4) is 0 Å². The minimum atomic E-state index is 0.360. The Morgan fingerprint density at radius 1 is 1.22 bits per heavy atom. The van der Waals surface area contributed by atoms with Gasteiger partial charge in [-0.15, -0.1) is 0 Å². The van der Waals surface area contributed by atoms with E-state index in [-0.39, 0.29) is 0 Å². The molecule has 23 heavy (non-hydrogen) atoms. The van der Waals surface area contributed by atoms with Crippen LogP contribution in [0.25, 0.3) is 0 Å². The van der Waals surface area contributed by atoms with E-state index in [1.165, 1.54) is 22.5 Å². The molecule has 1 aliphatic rings. The molecule has 0 amide bonds. The summed E-state index contributed by atoms with van der Waals surface area (Å²) in [6.07, 6.45) is 5.10. The molecule has 0 fully saturated rings. The van der Waals surface area contributed by atoms with Crippen molar-refractivity contribution < 1.29 is 0 Å². The molecule has 0 radical (unpaired) electrons. The van der Waals surface area contributed by atoms with Crippen molar-refractivity contribution in [2.45, 2.75) is 46.1 Å². The highest BCUT2D eigenvalue weighted by Gasteiger charge is 2.28. The zero-order chi connectivity index (χ0) is 16.8. The molecule has 0 spiro atoms. The van der Waals surface area contributed by atoms with Crippen molar-refractivity contribution in [1.29, 1.82) is 0 Å². The zero-order valence-corrected chi connectivity index (χ0v) is 15.3. The molecule has 0 saturated heterocycles. The molecule has 0 saturated carbocycles. The Bertz CT molecular complexity index is 572. The Hall–Kier alpha value is -1.61. The van der Waals surface area contributed by atoms with Crippen molar-refractivity contribution >= 4 is 6.21 Å². The second-order valence-corrected chi connectivity index (χ2v) is 6.44. The van der Waals surface area contributed by atoms with Crippen molar-refractivity contribution in [3.63, 3.8) is 0 Å². The Balaban J connectivity index is 2.58. The third-order valence-corrected chi connectivity index (χ3v) is 4.48. The van der Waals surface area contributed by atoms with Crippen molar-refractivity contribution in [2.24, 2.45) is 4.99 Å². The van der Waals surface area contributed by atoms with Crippen LogP contribution in [-0.4, -0.2) is 43.2 Å². The maximum atomic E-state index is 4.87. The van der Waals surface area contributed by atoms with Crippen LogP contribution in [0.4, 0.5) is 0 Å². The minimum Gasteiger partial charge on any atom is -0.349 e. The van der Waals surface area contributed by atoms with Gasteiger partial charge in [0.15, 0.2) is 0 Å². The number of hydrogen-bond donors (Lipinski definition) is 0. The number of benzene rings is 1. The lowest BCUT2D eigenvalue weighted by atomic mass is 9.96. The largest absolute Gasteiger partial charge is 0.349 e. The molecule has 2 rings (SSSR count). The Morgan fingerprint density at radius 3 is 2.57 bits per heavy atom. The van der Waals surface area contributed by atoms with E-state index in [0.717, 1.165) is 32.4 Å². The quantitative estimate of drug-likeness (QED) is 0.730. The van der Waals surface area contributed by atoms with Crippen LogP contribution in [0.15, 0.2) is 40.7 Å². The Kier molecular flexibility index (Phi) is 6.40. The number of likely N-dealkylation sites (N-methyl/N-ethyl adjacent to an activating group) is 2. The van der Waals surface area contributed by atoms with Gasteiger partial charge in [0, 0.05) is 19.3 Å². The topological polar surface area (TPSA) is 18.8 Å². The highest BCUT2D eigenvalue weighted by Crippen LogP contribution is 2.35. The minimum absolute atomic E-state index is 0.360. The van der Waals surface area contributed by atoms with E-state index in [1.807, 2.05) is 0 Å². The smallest absolute Gasteiger partial charge is 0.128 e. The first-order valence-electron chi connectivity index (χ1n) is 8.85. The third kappa shape index (κ3) is 4.03. The van der Waals surface area contributed by atoms with Gasteiger partial charge in [-0.3, -0.25) is 0 Å². The molecular weight excluding hydrogens is 282 g/mol. The first kappa shape index (κ1) is 17.7. The normalized spacial score (nSPS) is 18.7. The summed E-state index contributed by atoms with van der Waals surface area (Å²) in [6, 6.07) is 9.27. The van der Waals surface area contributed by atoms with Gasteiger partial charge < -0.3 is 9.80 Å². The fourth-order valence-corrected chi connectivity index (χ4v) is 3.39. The van der Waals surface area contributed by atoms with Crippen molar-refractivity contribution in [3.05, 3.63) is 46.8 Å². The molecule has 1 heterocycles. The summed E-state index contributed by atoms with van der Waals surface area (Å²) in [5, 5.41) is 0. The number of aliphatic imine (C=N–C) groups is 1. The monoisotopic (exact) mass is 313 g/mol. The van der Waals surface area contributed by atoms with E-state index in [9.17, 15) is 0 Å². The van der Waals surface area contributed by atoms with Gasteiger partial charge in [-0.25, -0.2) is 4.99 Å². The van der Waals surface area contributed by atoms with E-state index in [4.69, 9.17) is 4.99 Å². The number of hydrogen-bond acceptors (Lipinski definition) is 3. The third-order valence-electron chi connectivity index (χ3n) is 4.48. The molecule has 1 atom stereocenters. The lowest BCUT2D eigenvalue weighted by Crippen LogP contribution is -2.34. The van der Waals surface area contributed by atoms with Gasteiger partial charge in [0.25, 0.3) is 0 Å². The summed E-state index contributed by atoms with van der Waals surface area (Å²) in [7, 11) is 4.31. The van der Waals surface area contributed by atoms with Crippen LogP contribution in [0.5, 0.6) is 0 Å². The molecule has 3 nitrogen and oxygen atoms in total. The molecule has 0 N–H and O–H groups in total. The van der Waals surface area contributed by atoms with Crippen molar-refractivity contribution in [1.82, 2.24) is 9.80 Å². The number of fused-ring (bicyclic) bond motifs is 1. The fraction of sp³-hybridized carbons (Fsp3) is 0.550. The second kappa shape index (κ2) is 8.30. The predicted molar refractivity (Wildman–Crippen MR) is 99.9 cm³/mol. The first-order chi connectivity index (χ1) is 11.1. The predicted octanol–water partition coefficient (Wildman–Crippen LogP) is 4.27. The molecule has 0 aliphatic carbocycles. The van der Waals surface area contributed by atoms with Gasteiger partial charge in [-0.2, -0.15) is 0 Å². The zero-order valence-electron chi connectivity index (χ0n) is 15.3. The molecule has 0 bridgehead atoms. The molecule has 1 aromatic carbocycles. The van der Waals surface area contributed by atoms with E-state index in [0.29, 0.717) is 6.04 Å². The highest BCUT2D eigenvalue weighted by molar-refractivity contribution is 5.59. The molecule has 126 valence electrons. The number of rotatable bonds is 6. The summed E-state index contributed by atoms with van der Waals surface area (Å²) < 4.78 is 0. The van der Waals surface area contributed by atoms with Gasteiger partial charge in [0.2, 0.25) is 0 Å². The van der Waals surface area contributed by atoms with E-state index in [2.05, 4.69) is 75.1 Å². The standard InChI is InChI=1S/C20H31N3/c1-6-13-21-20-16(7-2)14-17-11-9-10-12-18(17)19(15-22(4)5)23(20)8-3/h9-13,19H,6-8,14-15H2,1-5H3. The Labute approximate surface area is 141 Å². The van der Waals surface area contributed by atoms with Crippen LogP contribution >= 0.6 is 0 Å². The molecule has 1 unspecified atom stereocenters. The van der Waals surface area contributed by atoms with Crippen LogP contribution in [0.2, 0.25) is 0 Å². The maximum absolute atomic E-state index is 4.87. The average Bonchev–Trinajstić information content (AvgIpc) is 2.67. The molecule has 1 aliphatic heterocycles. The summed E-state index contributed by atoms with van der Waals surface area (Å²) in [5.41, 5.74) is 4.36. The second-order valence-electron chi connectivity index (χ2n) is 6.44. The summed E-state index contributed by atoms with van der Waals surface area (Å²) in [4.78, 5) is 9.65. The van der Waals surface area contributed by atoms with Gasteiger partial charge >= 0.3 is 0 Å². The molecule has 0 aromatic heterocycles.